The molecule has 4 heterocycles. The lowest BCUT2D eigenvalue weighted by Crippen LogP contribution is -2.26. The molecule has 1 unspecified atom stereocenters. The average molecular weight is 464 g/mol. The second-order valence-corrected chi connectivity index (χ2v) is 8.66. The van der Waals surface area contributed by atoms with Gasteiger partial charge in [-0.25, -0.2) is 20.4 Å². The molecule has 0 bridgehead atoms. The van der Waals surface area contributed by atoms with Gasteiger partial charge in [-0.05, 0) is 24.3 Å². The van der Waals surface area contributed by atoms with Crippen LogP contribution in [0.5, 0.6) is 0 Å². The Kier molecular flexibility index (Phi) is 4.60. The molecule has 1 aliphatic carbocycles. The first-order valence-electron chi connectivity index (χ1n) is 10.8. The van der Waals surface area contributed by atoms with Gasteiger partial charge in [-0.15, -0.1) is 0 Å². The van der Waals surface area contributed by atoms with Crippen LogP contribution in [-0.2, 0) is 21.6 Å². The molecule has 172 valence electrons. The van der Waals surface area contributed by atoms with Crippen LogP contribution in [0.2, 0.25) is 0 Å². The number of rotatable bonds is 5. The van der Waals surface area contributed by atoms with Crippen LogP contribution < -0.4 is 4.90 Å². The Balaban J connectivity index is 1.19. The number of fused-ring (bicyclic) bond motifs is 1. The van der Waals surface area contributed by atoms with E-state index in [1.165, 1.54) is 15.6 Å². The highest BCUT2D eigenvalue weighted by atomic mass is 19.1. The number of benzene rings is 1. The molecule has 4 atom stereocenters. The number of pyridine rings is 1. The van der Waals surface area contributed by atoms with Gasteiger partial charge >= 0.3 is 6.09 Å². The summed E-state index contributed by atoms with van der Waals surface area (Å²) in [6.45, 7) is 9.10. The Morgan fingerprint density at radius 1 is 1.21 bits per heavy atom. The van der Waals surface area contributed by atoms with Gasteiger partial charge in [0, 0.05) is 17.3 Å². The number of hydrogen-bond donors (Lipinski definition) is 0. The van der Waals surface area contributed by atoms with E-state index in [-0.39, 0.29) is 24.9 Å². The van der Waals surface area contributed by atoms with E-state index in [1.54, 1.807) is 30.5 Å². The first kappa shape index (κ1) is 20.7. The molecule has 1 amide bonds. The van der Waals surface area contributed by atoms with Crippen molar-refractivity contribution in [2.45, 2.75) is 18.2 Å². The number of amides is 1. The zero-order valence-electron chi connectivity index (χ0n) is 17.8. The van der Waals surface area contributed by atoms with Crippen molar-refractivity contribution >= 4 is 11.8 Å². The summed E-state index contributed by atoms with van der Waals surface area (Å²) >= 11 is 0. The van der Waals surface area contributed by atoms with Gasteiger partial charge in [0.25, 0.3) is 11.5 Å². The molecule has 0 radical (unpaired) electrons. The fourth-order valence-electron chi connectivity index (χ4n) is 5.03. The number of carbonyl (C=O) groups is 1. The maximum Gasteiger partial charge on any atom is 0.414 e. The van der Waals surface area contributed by atoms with Crippen LogP contribution in [0.4, 0.5) is 19.3 Å². The number of halogens is 2. The lowest BCUT2D eigenvalue weighted by molar-refractivity contribution is 0.129. The van der Waals surface area contributed by atoms with E-state index in [0.29, 0.717) is 35.7 Å². The van der Waals surface area contributed by atoms with Crippen molar-refractivity contribution in [3.05, 3.63) is 71.6 Å². The summed E-state index contributed by atoms with van der Waals surface area (Å²) in [4.78, 5) is 22.0. The quantitative estimate of drug-likeness (QED) is 0.540. The molecule has 11 heteroatoms. The number of ether oxygens (including phenoxy) is 2. The number of anilines is 1. The maximum atomic E-state index is 15.0. The number of aromatic nitrogens is 4. The van der Waals surface area contributed by atoms with Gasteiger partial charge in [0.15, 0.2) is 0 Å². The van der Waals surface area contributed by atoms with Crippen LogP contribution in [-0.4, -0.2) is 51.9 Å². The van der Waals surface area contributed by atoms with Crippen LogP contribution in [0.1, 0.15) is 5.69 Å². The topological polar surface area (TPSA) is 86.7 Å². The second-order valence-electron chi connectivity index (χ2n) is 8.66. The molecule has 1 saturated carbocycles. The van der Waals surface area contributed by atoms with Gasteiger partial charge in [0.2, 0.25) is 0 Å². The lowest BCUT2D eigenvalue weighted by atomic mass is 10.0. The van der Waals surface area contributed by atoms with E-state index in [9.17, 15) is 9.18 Å². The van der Waals surface area contributed by atoms with Gasteiger partial charge in [-0.2, -0.15) is 4.39 Å². The van der Waals surface area contributed by atoms with Crippen LogP contribution in [0, 0.1) is 30.2 Å². The van der Waals surface area contributed by atoms with Crippen LogP contribution >= 0.6 is 0 Å². The number of carbonyl (C=O) groups excluding carboxylic acids is 1. The molecule has 3 aromatic rings. The van der Waals surface area contributed by atoms with Gasteiger partial charge in [0.1, 0.15) is 17.6 Å². The van der Waals surface area contributed by atoms with Crippen molar-refractivity contribution in [2.24, 2.45) is 11.8 Å². The molecule has 3 aliphatic rings. The fourth-order valence-corrected chi connectivity index (χ4v) is 5.03. The van der Waals surface area contributed by atoms with Crippen molar-refractivity contribution in [3.8, 4) is 11.1 Å². The molecule has 2 aromatic heterocycles. The van der Waals surface area contributed by atoms with Crippen LogP contribution in [0.3, 0.4) is 0 Å². The lowest BCUT2D eigenvalue weighted by Gasteiger charge is -2.15. The molecule has 0 spiro atoms. The van der Waals surface area contributed by atoms with E-state index < -0.39 is 29.5 Å². The normalized spacial score (nSPS) is 27.4. The highest BCUT2D eigenvalue weighted by Gasteiger charge is 2.77. The maximum absolute atomic E-state index is 15.0. The molecule has 0 N–H and O–H groups in total. The average Bonchev–Trinajstić information content (AvgIpc) is 3.29. The standard InChI is InChI=1S/C23H18F2N6O3/c1-26-23(17-11-33-12-18(17)23)20-5-2-13(7-27-20)16-4-3-14(6-19(16)24)31-9-15(34-22(31)32)8-30-10-21(25)28-29-30/h2-7,10,15,17-18H,8-9,11-12H2/t15-,17-,18+,23?/m0/s1. The van der Waals surface area contributed by atoms with E-state index in [0.717, 1.165) is 6.20 Å². The van der Waals surface area contributed by atoms with Gasteiger partial charge in [-0.1, -0.05) is 16.4 Å². The molecule has 3 fully saturated rings. The molecular weight excluding hydrogens is 446 g/mol. The molecular formula is C23H18F2N6O3. The molecule has 6 rings (SSSR count). The number of hydrogen-bond acceptors (Lipinski definition) is 6. The first-order valence-corrected chi connectivity index (χ1v) is 10.8. The zero-order valence-corrected chi connectivity index (χ0v) is 17.8. The summed E-state index contributed by atoms with van der Waals surface area (Å²) in [6.07, 6.45) is 1.49. The van der Waals surface area contributed by atoms with E-state index in [2.05, 4.69) is 20.1 Å². The van der Waals surface area contributed by atoms with Crippen molar-refractivity contribution in [1.82, 2.24) is 20.0 Å². The van der Waals surface area contributed by atoms with Crippen LogP contribution in [0.15, 0.2) is 42.7 Å². The predicted molar refractivity (Wildman–Crippen MR) is 113 cm³/mol. The summed E-state index contributed by atoms with van der Waals surface area (Å²) in [6, 6.07) is 8.03. The minimum atomic E-state index is -0.723. The SMILES string of the molecule is [C-]#[N+]C1(c2ccc(-c3ccc(N4C[C@H](Cn5cc(F)nn5)OC4=O)cc3F)cn2)[C@@H]2COC[C@@H]21. The molecule has 9 nitrogen and oxygen atoms in total. The Morgan fingerprint density at radius 3 is 2.68 bits per heavy atom. The molecule has 1 aromatic carbocycles. The third kappa shape index (κ3) is 3.13. The Hall–Kier alpha value is -3.91. The summed E-state index contributed by atoms with van der Waals surface area (Å²) in [5.41, 5.74) is 1.33. The van der Waals surface area contributed by atoms with E-state index in [1.807, 2.05) is 0 Å². The predicted octanol–water partition coefficient (Wildman–Crippen LogP) is 3.03. The van der Waals surface area contributed by atoms with Crippen LogP contribution in [0.25, 0.3) is 16.0 Å². The minimum Gasteiger partial charge on any atom is -0.442 e. The zero-order chi connectivity index (χ0) is 23.4. The number of nitrogens with zero attached hydrogens (tertiary/aromatic N) is 6. The largest absolute Gasteiger partial charge is 0.442 e. The van der Waals surface area contributed by atoms with Crippen molar-refractivity contribution in [3.63, 3.8) is 0 Å². The Morgan fingerprint density at radius 2 is 2.03 bits per heavy atom. The van der Waals surface area contributed by atoms with E-state index in [4.69, 9.17) is 16.0 Å². The highest BCUT2D eigenvalue weighted by molar-refractivity contribution is 5.90. The third-order valence-corrected chi connectivity index (χ3v) is 6.81. The molecule has 2 saturated heterocycles. The summed E-state index contributed by atoms with van der Waals surface area (Å²) in [5.74, 6) is -0.892. The Labute approximate surface area is 192 Å². The minimum absolute atomic E-state index is 0.137. The first-order chi connectivity index (χ1) is 16.5. The van der Waals surface area contributed by atoms with Gasteiger partial charge in [0.05, 0.1) is 50.0 Å². The summed E-state index contributed by atoms with van der Waals surface area (Å²) in [5, 5.41) is 6.87. The monoisotopic (exact) mass is 464 g/mol. The van der Waals surface area contributed by atoms with Crippen molar-refractivity contribution in [1.29, 1.82) is 0 Å². The highest BCUT2D eigenvalue weighted by Crippen LogP contribution is 2.63. The Bertz CT molecular complexity index is 1310. The molecule has 2 aliphatic heterocycles. The second kappa shape index (κ2) is 7.56. The van der Waals surface area contributed by atoms with Gasteiger partial charge in [-0.3, -0.25) is 9.88 Å². The van der Waals surface area contributed by atoms with Crippen molar-refractivity contribution < 1.29 is 23.0 Å². The van der Waals surface area contributed by atoms with E-state index >= 15 is 4.39 Å². The molecule has 34 heavy (non-hydrogen) atoms. The third-order valence-electron chi connectivity index (χ3n) is 6.81. The smallest absolute Gasteiger partial charge is 0.414 e. The van der Waals surface area contributed by atoms with Gasteiger partial charge < -0.3 is 14.3 Å². The fraction of sp³-hybridized carbons (Fsp3) is 0.348. The number of cyclic esters (lactones) is 1. The summed E-state index contributed by atoms with van der Waals surface area (Å²) in [7, 11) is 0. The van der Waals surface area contributed by atoms with Crippen molar-refractivity contribution in [2.75, 3.05) is 24.7 Å². The summed E-state index contributed by atoms with van der Waals surface area (Å²) < 4.78 is 40.0.